The van der Waals surface area contributed by atoms with Gasteiger partial charge in [-0.2, -0.15) is 9.40 Å². The molecule has 3 rings (SSSR count). The first-order valence-electron chi connectivity index (χ1n) is 12.2. The second-order valence-electron chi connectivity index (χ2n) is 8.64. The lowest BCUT2D eigenvalue weighted by molar-refractivity contribution is -0.901. The van der Waals surface area contributed by atoms with Crippen LogP contribution in [0.2, 0.25) is 0 Å². The van der Waals surface area contributed by atoms with Crippen molar-refractivity contribution in [1.29, 1.82) is 0 Å². The van der Waals surface area contributed by atoms with Gasteiger partial charge in [0, 0.05) is 17.7 Å². The van der Waals surface area contributed by atoms with Gasteiger partial charge in [-0.15, -0.1) is 0 Å². The summed E-state index contributed by atoms with van der Waals surface area (Å²) < 4.78 is 34.2. The van der Waals surface area contributed by atoms with Gasteiger partial charge in [0.25, 0.3) is 5.56 Å². The minimum absolute atomic E-state index is 0.138. The lowest BCUT2D eigenvalue weighted by Gasteiger charge is -2.31. The molecule has 0 radical (unpaired) electrons. The van der Waals surface area contributed by atoms with Gasteiger partial charge in [0.15, 0.2) is 5.82 Å². The predicted molar refractivity (Wildman–Crippen MR) is 135 cm³/mol. The molecular weight excluding hydrogens is 468 g/mol. The van der Waals surface area contributed by atoms with Gasteiger partial charge in [0.05, 0.1) is 49.8 Å². The van der Waals surface area contributed by atoms with Gasteiger partial charge in [-0.05, 0) is 52.3 Å². The maximum Gasteiger partial charge on any atom is 0.254 e. The quantitative estimate of drug-likeness (QED) is 0.494. The maximum atomic E-state index is 13.5. The summed E-state index contributed by atoms with van der Waals surface area (Å²) in [5.74, 6) is 1.23. The number of rotatable bonds is 8. The molecule has 0 aliphatic carbocycles. The number of aryl methyl sites for hydroxylation is 2. The third-order valence-electron chi connectivity index (χ3n) is 6.27. The van der Waals surface area contributed by atoms with Crippen molar-refractivity contribution in [2.75, 3.05) is 39.3 Å². The van der Waals surface area contributed by atoms with E-state index in [2.05, 4.69) is 27.1 Å². The molecule has 0 bridgehead atoms. The fourth-order valence-electron chi connectivity index (χ4n) is 3.98. The van der Waals surface area contributed by atoms with Crippen molar-refractivity contribution in [3.63, 3.8) is 0 Å². The molecule has 0 spiro atoms. The highest BCUT2D eigenvalue weighted by Crippen LogP contribution is 2.31. The van der Waals surface area contributed by atoms with Crippen molar-refractivity contribution in [2.45, 2.75) is 52.4 Å². The molecule has 192 valence electrons. The number of quaternary nitrogens is 1. The number of aromatic nitrogens is 4. The first kappa shape index (κ1) is 26.8. The molecule has 1 saturated heterocycles. The van der Waals surface area contributed by atoms with E-state index in [-0.39, 0.29) is 16.3 Å². The highest BCUT2D eigenvalue weighted by molar-refractivity contribution is 7.89. The first-order chi connectivity index (χ1) is 16.7. The zero-order chi connectivity index (χ0) is 25.6. The lowest BCUT2D eigenvalue weighted by atomic mass is 10.2. The van der Waals surface area contributed by atoms with Crippen molar-refractivity contribution < 1.29 is 18.1 Å². The highest BCUT2D eigenvalue weighted by Gasteiger charge is 2.30. The molecule has 0 unspecified atom stereocenters. The number of nitrogens with zero attached hydrogens (tertiary/aromatic N) is 3. The number of ether oxygens (including phenoxy) is 1. The van der Waals surface area contributed by atoms with Gasteiger partial charge >= 0.3 is 0 Å². The second kappa shape index (κ2) is 11.8. The van der Waals surface area contributed by atoms with Gasteiger partial charge in [-0.3, -0.25) is 9.89 Å². The molecule has 0 amide bonds. The van der Waals surface area contributed by atoms with Crippen molar-refractivity contribution >= 4 is 10.0 Å². The Morgan fingerprint density at radius 2 is 1.86 bits per heavy atom. The van der Waals surface area contributed by atoms with Gasteiger partial charge in [0.2, 0.25) is 10.0 Å². The molecule has 1 fully saturated rings. The van der Waals surface area contributed by atoms with E-state index in [9.17, 15) is 13.2 Å². The average molecular weight is 506 g/mol. The Labute approximate surface area is 207 Å². The van der Waals surface area contributed by atoms with E-state index in [1.807, 2.05) is 13.8 Å². The molecule has 1 aromatic carbocycles. The fourth-order valence-corrected chi connectivity index (χ4v) is 5.45. The highest BCUT2D eigenvalue weighted by atomic mass is 32.2. The van der Waals surface area contributed by atoms with E-state index < -0.39 is 10.0 Å². The molecule has 1 aromatic heterocycles. The molecule has 3 N–H and O–H groups in total. The van der Waals surface area contributed by atoms with Crippen molar-refractivity contribution in [3.05, 3.63) is 45.6 Å². The van der Waals surface area contributed by atoms with Gasteiger partial charge in [-0.25, -0.2) is 13.4 Å². The summed E-state index contributed by atoms with van der Waals surface area (Å²) in [6, 6.07) is 4.70. The molecule has 1 aliphatic rings. The average Bonchev–Trinajstić information content (AvgIpc) is 2.90. The summed E-state index contributed by atoms with van der Waals surface area (Å²) in [6.07, 6.45) is 1.49. The molecule has 35 heavy (non-hydrogen) atoms. The van der Waals surface area contributed by atoms with Gasteiger partial charge in [0.1, 0.15) is 11.6 Å². The van der Waals surface area contributed by atoms with E-state index in [1.165, 1.54) is 15.3 Å². The molecule has 1 aliphatic heterocycles. The van der Waals surface area contributed by atoms with E-state index in [0.717, 1.165) is 26.1 Å². The third-order valence-corrected chi connectivity index (χ3v) is 8.17. The van der Waals surface area contributed by atoms with Crippen molar-refractivity contribution in [1.82, 2.24) is 24.5 Å². The molecule has 11 heteroatoms. The zero-order valence-corrected chi connectivity index (χ0v) is 22.1. The Kier molecular flexibility index (Phi) is 9.03. The van der Waals surface area contributed by atoms with Crippen LogP contribution in [0.25, 0.3) is 11.4 Å². The van der Waals surface area contributed by atoms with Crippen LogP contribution in [-0.4, -0.2) is 72.2 Å². The van der Waals surface area contributed by atoms with Crippen molar-refractivity contribution in [3.8, 4) is 17.1 Å². The number of sulfonamides is 1. The van der Waals surface area contributed by atoms with Gasteiger partial charge in [-0.1, -0.05) is 6.92 Å². The molecular formula is C24H37N6O4S+. The number of H-pyrrole nitrogens is 2. The number of likely N-dealkylation sites (N-methyl/N-ethyl adjacent to an activating group) is 1. The van der Waals surface area contributed by atoms with E-state index >= 15 is 0 Å². The largest absolute Gasteiger partial charge is 0.493 e. The normalized spacial score (nSPS) is 15.1. The Hall–Kier alpha value is -2.76. The molecule has 2 heterocycles. The van der Waals surface area contributed by atoms with Crippen LogP contribution < -0.4 is 15.2 Å². The monoisotopic (exact) mass is 505 g/mol. The number of aromatic amines is 2. The molecule has 2 aromatic rings. The van der Waals surface area contributed by atoms with E-state index in [0.29, 0.717) is 54.5 Å². The van der Waals surface area contributed by atoms with Crippen LogP contribution in [0.3, 0.4) is 0 Å². The smallest absolute Gasteiger partial charge is 0.254 e. The Morgan fingerprint density at radius 3 is 2.49 bits per heavy atom. The number of benzene rings is 1. The predicted octanol–water partition coefficient (Wildman–Crippen LogP) is 1.16. The third kappa shape index (κ3) is 6.28. The van der Waals surface area contributed by atoms with Crippen LogP contribution in [0.1, 0.15) is 44.3 Å². The van der Waals surface area contributed by atoms with Crippen LogP contribution in [0, 0.1) is 13.8 Å². The van der Waals surface area contributed by atoms with Crippen LogP contribution in [0.15, 0.2) is 27.9 Å². The summed E-state index contributed by atoms with van der Waals surface area (Å²) in [5.41, 5.74) is 1.06. The van der Waals surface area contributed by atoms with Crippen LogP contribution >= 0.6 is 0 Å². The fraction of sp³-hybridized carbons (Fsp3) is 0.542. The van der Waals surface area contributed by atoms with Crippen LogP contribution in [0.5, 0.6) is 5.75 Å². The lowest BCUT2D eigenvalue weighted by Crippen LogP contribution is -3.14. The zero-order valence-electron chi connectivity index (χ0n) is 21.3. The molecule has 0 atom stereocenters. The Balaban J connectivity index is 2.17. The first-order valence-corrected chi connectivity index (χ1v) is 13.7. The summed E-state index contributed by atoms with van der Waals surface area (Å²) in [4.78, 5) is 21.8. The summed E-state index contributed by atoms with van der Waals surface area (Å²) in [5, 5.41) is 7.37. The maximum absolute atomic E-state index is 13.5. The summed E-state index contributed by atoms with van der Waals surface area (Å²) >= 11 is 0. The number of hydrogen-bond acceptors (Lipinski definition) is 6. The van der Waals surface area contributed by atoms with E-state index in [1.54, 1.807) is 26.0 Å². The van der Waals surface area contributed by atoms with Gasteiger partial charge < -0.3 is 14.6 Å². The summed E-state index contributed by atoms with van der Waals surface area (Å²) in [7, 11) is -3.72. The summed E-state index contributed by atoms with van der Waals surface area (Å²) in [6.45, 7) is 13.3. The minimum Gasteiger partial charge on any atom is -0.493 e. The molecule has 10 nitrogen and oxygen atoms in total. The van der Waals surface area contributed by atoms with Crippen LogP contribution in [-0.2, 0) is 16.4 Å². The Bertz CT molecular complexity index is 1250. The topological polar surface area (TPSA) is 125 Å². The van der Waals surface area contributed by atoms with Crippen molar-refractivity contribution in [2.24, 2.45) is 0 Å². The Morgan fingerprint density at radius 1 is 1.14 bits per heavy atom. The number of piperazine rings is 1. The SMILES string of the molecule is CCCc1nc(C)c(C)c(=O)[nH]c(-c2cc(S(=O)(=O)N3CC[NH+](CC)CC3)ccc2OCC)n[nH]1. The molecule has 0 saturated carbocycles. The van der Waals surface area contributed by atoms with E-state index in [4.69, 9.17) is 4.74 Å². The number of hydrogen-bond donors (Lipinski definition) is 3. The number of nitrogens with one attached hydrogen (secondary N) is 3. The standard InChI is InChI=1S/C24H36N6O4S/c1-6-9-22-25-18(5)17(4)24(31)26-23(28-27-22)20-16-19(10-11-21(20)34-8-3)35(32,33)30-14-12-29(7-2)13-15-30/h10-11,16H,6-9,12-15H2,1-5H3,(H,25,27)(H,26,28,31)/p+1. The minimum atomic E-state index is -3.72. The van der Waals surface area contributed by atoms with Crippen LogP contribution in [0.4, 0.5) is 0 Å². The second-order valence-corrected chi connectivity index (χ2v) is 10.6.